The second-order valence-corrected chi connectivity index (χ2v) is 5.41. The second kappa shape index (κ2) is 6.76. The van der Waals surface area contributed by atoms with E-state index in [1.165, 1.54) is 6.33 Å². The molecule has 0 radical (unpaired) electrons. The van der Waals surface area contributed by atoms with Crippen LogP contribution in [0.5, 0.6) is 0 Å². The minimum atomic E-state index is -1.11. The molecule has 6 heteroatoms. The van der Waals surface area contributed by atoms with Gasteiger partial charge in [-0.3, -0.25) is 4.79 Å². The lowest BCUT2D eigenvalue weighted by Gasteiger charge is -2.14. The van der Waals surface area contributed by atoms with Gasteiger partial charge in [-0.05, 0) is 24.5 Å². The Balaban J connectivity index is 2.41. The fraction of sp³-hybridized carbons (Fsp3) is 0.267. The number of hydrogen-bond donors (Lipinski definition) is 1. The van der Waals surface area contributed by atoms with E-state index < -0.39 is 17.7 Å². The summed E-state index contributed by atoms with van der Waals surface area (Å²) in [6.45, 7) is 1.76. The van der Waals surface area contributed by atoms with E-state index in [0.29, 0.717) is 6.42 Å². The Morgan fingerprint density at radius 1 is 1.38 bits per heavy atom. The minimum absolute atomic E-state index is 0.0647. The number of nitrogens with zero attached hydrogens (tertiary/aromatic N) is 2. The highest BCUT2D eigenvalue weighted by Gasteiger charge is 2.27. The maximum Gasteiger partial charge on any atom is 0.313 e. The van der Waals surface area contributed by atoms with E-state index in [0.717, 1.165) is 10.0 Å². The van der Waals surface area contributed by atoms with Crippen molar-refractivity contribution >= 4 is 21.9 Å². The number of carboxylic acid groups (broad SMARTS) is 1. The van der Waals surface area contributed by atoms with Crippen LogP contribution in [0.2, 0.25) is 0 Å². The van der Waals surface area contributed by atoms with E-state index in [4.69, 9.17) is 0 Å². The number of benzene rings is 1. The van der Waals surface area contributed by atoms with Gasteiger partial charge in [-0.1, -0.05) is 41.1 Å². The van der Waals surface area contributed by atoms with Crippen LogP contribution in [0.4, 0.5) is 4.39 Å². The summed E-state index contributed by atoms with van der Waals surface area (Å²) in [6.07, 6.45) is 1.77. The van der Waals surface area contributed by atoms with Gasteiger partial charge in [0.15, 0.2) is 5.82 Å². The lowest BCUT2D eigenvalue weighted by molar-refractivity contribution is -0.138. The fourth-order valence-electron chi connectivity index (χ4n) is 2.10. The maximum absolute atomic E-state index is 14.3. The number of aliphatic carboxylic acids is 1. The zero-order valence-corrected chi connectivity index (χ0v) is 13.0. The topological polar surface area (TPSA) is 63.1 Å². The molecule has 21 heavy (non-hydrogen) atoms. The van der Waals surface area contributed by atoms with Gasteiger partial charge in [0.1, 0.15) is 12.2 Å². The average molecular weight is 353 g/mol. The molecule has 1 heterocycles. The molecular formula is C15H14BrFN2O2. The van der Waals surface area contributed by atoms with Crippen LogP contribution in [0.15, 0.2) is 35.1 Å². The molecule has 1 aromatic heterocycles. The van der Waals surface area contributed by atoms with Gasteiger partial charge in [-0.25, -0.2) is 14.4 Å². The minimum Gasteiger partial charge on any atom is -0.481 e. The third kappa shape index (κ3) is 3.44. The van der Waals surface area contributed by atoms with Gasteiger partial charge in [-0.15, -0.1) is 0 Å². The summed E-state index contributed by atoms with van der Waals surface area (Å²) >= 11 is 3.37. The third-order valence-electron chi connectivity index (χ3n) is 3.23. The molecule has 0 fully saturated rings. The second-order valence-electron chi connectivity index (χ2n) is 4.56. The van der Waals surface area contributed by atoms with E-state index in [1.807, 2.05) is 18.2 Å². The summed E-state index contributed by atoms with van der Waals surface area (Å²) in [4.78, 5) is 19.2. The number of carboxylic acids is 1. The molecule has 1 atom stereocenters. The summed E-state index contributed by atoms with van der Waals surface area (Å²) in [7, 11) is 0. The molecule has 0 saturated carbocycles. The first-order valence-corrected chi connectivity index (χ1v) is 7.29. The largest absolute Gasteiger partial charge is 0.481 e. The van der Waals surface area contributed by atoms with Crippen LogP contribution in [0.1, 0.15) is 29.8 Å². The Morgan fingerprint density at radius 3 is 2.71 bits per heavy atom. The molecule has 0 spiro atoms. The molecule has 0 bridgehead atoms. The summed E-state index contributed by atoms with van der Waals surface area (Å²) in [6, 6.07) is 7.28. The van der Waals surface area contributed by atoms with Crippen LogP contribution < -0.4 is 0 Å². The van der Waals surface area contributed by atoms with E-state index >= 15 is 0 Å². The van der Waals surface area contributed by atoms with Crippen LogP contribution >= 0.6 is 15.9 Å². The molecule has 110 valence electrons. The molecule has 0 aliphatic heterocycles. The van der Waals surface area contributed by atoms with Crippen LogP contribution in [0, 0.1) is 5.82 Å². The molecule has 0 aliphatic carbocycles. The van der Waals surface area contributed by atoms with Gasteiger partial charge < -0.3 is 5.11 Å². The quantitative estimate of drug-likeness (QED) is 0.896. The Kier molecular flexibility index (Phi) is 5.01. The van der Waals surface area contributed by atoms with Crippen molar-refractivity contribution in [2.75, 3.05) is 0 Å². The number of aryl methyl sites for hydroxylation is 1. The highest BCUT2D eigenvalue weighted by Crippen LogP contribution is 2.26. The van der Waals surface area contributed by atoms with Gasteiger partial charge in [-0.2, -0.15) is 0 Å². The number of hydrogen-bond acceptors (Lipinski definition) is 3. The molecule has 1 aromatic carbocycles. The number of carbonyl (C=O) groups is 1. The van der Waals surface area contributed by atoms with E-state index in [1.54, 1.807) is 13.0 Å². The van der Waals surface area contributed by atoms with Gasteiger partial charge in [0.2, 0.25) is 0 Å². The first kappa shape index (κ1) is 15.6. The number of aromatic nitrogens is 2. The maximum atomic E-state index is 14.3. The van der Waals surface area contributed by atoms with Crippen molar-refractivity contribution in [3.63, 3.8) is 0 Å². The van der Waals surface area contributed by atoms with E-state index in [-0.39, 0.29) is 17.8 Å². The lowest BCUT2D eigenvalue weighted by Crippen LogP contribution is -2.19. The monoisotopic (exact) mass is 352 g/mol. The smallest absolute Gasteiger partial charge is 0.313 e. The highest BCUT2D eigenvalue weighted by atomic mass is 79.9. The molecular weight excluding hydrogens is 339 g/mol. The Morgan fingerprint density at radius 2 is 2.10 bits per heavy atom. The number of halogens is 2. The summed E-state index contributed by atoms with van der Waals surface area (Å²) in [5.74, 6) is -2.78. The van der Waals surface area contributed by atoms with Crippen LogP contribution in [-0.2, 0) is 17.6 Å². The van der Waals surface area contributed by atoms with Crippen molar-refractivity contribution in [3.8, 4) is 0 Å². The van der Waals surface area contributed by atoms with Crippen molar-refractivity contribution in [2.24, 2.45) is 0 Å². The SMILES string of the molecule is CCc1ncnc(C(Cc2ccccc2Br)C(=O)O)c1F. The molecule has 2 aromatic rings. The Hall–Kier alpha value is -1.82. The van der Waals surface area contributed by atoms with Crippen LogP contribution in [0.25, 0.3) is 0 Å². The highest BCUT2D eigenvalue weighted by molar-refractivity contribution is 9.10. The predicted molar refractivity (Wildman–Crippen MR) is 79.6 cm³/mol. The normalized spacial score (nSPS) is 12.1. The first-order chi connectivity index (χ1) is 10.0. The Bertz CT molecular complexity index is 664. The molecule has 0 aliphatic rings. The van der Waals surface area contributed by atoms with E-state index in [2.05, 4.69) is 25.9 Å². The molecule has 4 nitrogen and oxygen atoms in total. The van der Waals surface area contributed by atoms with Crippen molar-refractivity contribution in [1.29, 1.82) is 0 Å². The van der Waals surface area contributed by atoms with Gasteiger partial charge >= 0.3 is 5.97 Å². The zero-order chi connectivity index (χ0) is 15.4. The molecule has 1 N–H and O–H groups in total. The number of rotatable bonds is 5. The van der Waals surface area contributed by atoms with Gasteiger partial charge in [0, 0.05) is 4.47 Å². The average Bonchev–Trinajstić information content (AvgIpc) is 2.47. The molecule has 2 rings (SSSR count). The van der Waals surface area contributed by atoms with E-state index in [9.17, 15) is 14.3 Å². The van der Waals surface area contributed by atoms with Crippen molar-refractivity contribution in [2.45, 2.75) is 25.7 Å². The fourth-order valence-corrected chi connectivity index (χ4v) is 2.54. The van der Waals surface area contributed by atoms with Crippen LogP contribution in [0.3, 0.4) is 0 Å². The Labute approximate surface area is 130 Å². The summed E-state index contributed by atoms with van der Waals surface area (Å²) in [5.41, 5.74) is 0.962. The zero-order valence-electron chi connectivity index (χ0n) is 11.4. The summed E-state index contributed by atoms with van der Waals surface area (Å²) in [5, 5.41) is 9.42. The standard InChI is InChI=1S/C15H14BrFN2O2/c1-2-12-13(17)14(19-8-18-12)10(15(20)21)7-9-5-3-4-6-11(9)16/h3-6,8,10H,2,7H2,1H3,(H,20,21). The van der Waals surface area contributed by atoms with Crippen molar-refractivity contribution in [3.05, 3.63) is 57.8 Å². The summed E-state index contributed by atoms with van der Waals surface area (Å²) < 4.78 is 15.1. The lowest BCUT2D eigenvalue weighted by atomic mass is 9.95. The van der Waals surface area contributed by atoms with Crippen molar-refractivity contribution in [1.82, 2.24) is 9.97 Å². The molecule has 0 saturated heterocycles. The predicted octanol–water partition coefficient (Wildman–Crippen LogP) is 3.35. The van der Waals surface area contributed by atoms with Gasteiger partial charge in [0.05, 0.1) is 11.4 Å². The third-order valence-corrected chi connectivity index (χ3v) is 4.01. The molecule has 0 amide bonds. The van der Waals surface area contributed by atoms with Crippen LogP contribution in [-0.4, -0.2) is 21.0 Å². The van der Waals surface area contributed by atoms with Crippen molar-refractivity contribution < 1.29 is 14.3 Å². The first-order valence-electron chi connectivity index (χ1n) is 6.50. The molecule has 1 unspecified atom stereocenters. The van der Waals surface area contributed by atoms with Gasteiger partial charge in [0.25, 0.3) is 0 Å².